The number of nitriles is 1. The number of amides is 1. The van der Waals surface area contributed by atoms with Crippen molar-refractivity contribution >= 4 is 11.6 Å². The van der Waals surface area contributed by atoms with E-state index in [1.165, 1.54) is 18.2 Å². The molecule has 106 valence electrons. The zero-order chi connectivity index (χ0) is 15.4. The molecule has 21 heavy (non-hydrogen) atoms. The highest BCUT2D eigenvalue weighted by atomic mass is 19.1. The second-order valence-corrected chi connectivity index (χ2v) is 4.32. The van der Waals surface area contributed by atoms with Crippen LogP contribution in [0.25, 0.3) is 0 Å². The van der Waals surface area contributed by atoms with Crippen molar-refractivity contribution in [1.82, 2.24) is 0 Å². The third-order valence-electron chi connectivity index (χ3n) is 2.86. The summed E-state index contributed by atoms with van der Waals surface area (Å²) < 4.78 is 19.2. The molecule has 4 N–H and O–H groups in total. The molecule has 0 saturated carbocycles. The number of anilines is 1. The van der Waals surface area contributed by atoms with Crippen LogP contribution in [0.3, 0.4) is 0 Å². The molecule has 1 amide bonds. The van der Waals surface area contributed by atoms with Crippen molar-refractivity contribution in [3.63, 3.8) is 0 Å². The average Bonchev–Trinajstić information content (AvgIpc) is 2.46. The summed E-state index contributed by atoms with van der Waals surface area (Å²) in [6.45, 7) is -0.0546. The zero-order valence-corrected chi connectivity index (χ0v) is 11.0. The fourth-order valence-electron chi connectivity index (χ4n) is 1.72. The van der Waals surface area contributed by atoms with E-state index in [0.717, 1.165) is 6.07 Å². The van der Waals surface area contributed by atoms with Crippen LogP contribution in [0.1, 0.15) is 21.5 Å². The first-order valence-corrected chi connectivity index (χ1v) is 6.02. The molecule has 0 aliphatic heterocycles. The third kappa shape index (κ3) is 3.28. The first kappa shape index (κ1) is 14.3. The largest absolute Gasteiger partial charge is 0.487 e. The van der Waals surface area contributed by atoms with Gasteiger partial charge in [-0.2, -0.15) is 5.26 Å². The summed E-state index contributed by atoms with van der Waals surface area (Å²) in [5, 5.41) is 8.73. The van der Waals surface area contributed by atoms with Gasteiger partial charge in [-0.3, -0.25) is 4.79 Å². The monoisotopic (exact) mass is 285 g/mol. The number of ether oxygens (including phenoxy) is 1. The van der Waals surface area contributed by atoms with E-state index < -0.39 is 11.7 Å². The Morgan fingerprint density at radius 1 is 1.29 bits per heavy atom. The van der Waals surface area contributed by atoms with E-state index in [2.05, 4.69) is 0 Å². The van der Waals surface area contributed by atoms with Gasteiger partial charge in [0.15, 0.2) is 0 Å². The van der Waals surface area contributed by atoms with Gasteiger partial charge in [-0.05, 0) is 30.3 Å². The van der Waals surface area contributed by atoms with Crippen molar-refractivity contribution in [3.05, 3.63) is 58.9 Å². The van der Waals surface area contributed by atoms with Crippen molar-refractivity contribution in [3.8, 4) is 11.8 Å². The van der Waals surface area contributed by atoms with Gasteiger partial charge in [0, 0.05) is 11.1 Å². The molecule has 0 radical (unpaired) electrons. The molecular formula is C15H12FN3O2. The molecule has 0 atom stereocenters. The number of benzene rings is 2. The van der Waals surface area contributed by atoms with E-state index in [0.29, 0.717) is 17.0 Å². The Balaban J connectivity index is 2.13. The minimum atomic E-state index is -0.697. The molecule has 2 rings (SSSR count). The van der Waals surface area contributed by atoms with Crippen LogP contribution < -0.4 is 16.2 Å². The minimum Gasteiger partial charge on any atom is -0.487 e. The Bertz CT molecular complexity index is 738. The molecule has 0 fully saturated rings. The smallest absolute Gasteiger partial charge is 0.248 e. The first-order valence-electron chi connectivity index (χ1n) is 6.02. The van der Waals surface area contributed by atoms with Gasteiger partial charge in [0.2, 0.25) is 5.91 Å². The van der Waals surface area contributed by atoms with E-state index in [1.54, 1.807) is 12.1 Å². The molecule has 0 unspecified atom stereocenters. The number of halogens is 1. The zero-order valence-electron chi connectivity index (χ0n) is 11.0. The molecular weight excluding hydrogens is 273 g/mol. The van der Waals surface area contributed by atoms with E-state index in [9.17, 15) is 9.18 Å². The lowest BCUT2D eigenvalue weighted by Gasteiger charge is -2.10. The first-order chi connectivity index (χ1) is 10.0. The lowest BCUT2D eigenvalue weighted by molar-refractivity contribution is 0.0999. The van der Waals surface area contributed by atoms with Gasteiger partial charge in [-0.1, -0.05) is 6.07 Å². The number of rotatable bonds is 4. The summed E-state index contributed by atoms with van der Waals surface area (Å²) >= 11 is 0. The molecule has 5 nitrogen and oxygen atoms in total. The molecule has 0 spiro atoms. The highest BCUT2D eigenvalue weighted by Gasteiger charge is 2.09. The number of primary amides is 1. The quantitative estimate of drug-likeness (QED) is 0.838. The average molecular weight is 285 g/mol. The molecule has 0 heterocycles. The minimum absolute atomic E-state index is 0.0546. The lowest BCUT2D eigenvalue weighted by Crippen LogP contribution is -2.12. The van der Waals surface area contributed by atoms with Crippen LogP contribution in [0.15, 0.2) is 36.4 Å². The SMILES string of the molecule is N#Cc1ccc(OCc2ccc(C(N)=O)cc2F)c(N)c1. The molecule has 0 bridgehead atoms. The molecule has 0 aliphatic rings. The second kappa shape index (κ2) is 5.92. The standard InChI is InChI=1S/C15H12FN3O2/c16-12-6-10(15(19)20)2-3-11(12)8-21-14-4-1-9(7-17)5-13(14)18/h1-6H,8,18H2,(H2,19,20). The number of nitrogens with two attached hydrogens (primary N) is 2. The van der Waals surface area contributed by atoms with E-state index >= 15 is 0 Å². The van der Waals surface area contributed by atoms with Crippen molar-refractivity contribution in [2.24, 2.45) is 5.73 Å². The van der Waals surface area contributed by atoms with Crippen molar-refractivity contribution in [2.45, 2.75) is 6.61 Å². The number of hydrogen-bond donors (Lipinski definition) is 2. The summed E-state index contributed by atoms with van der Waals surface area (Å²) in [4.78, 5) is 10.9. The van der Waals surface area contributed by atoms with Crippen LogP contribution in [0.2, 0.25) is 0 Å². The predicted molar refractivity (Wildman–Crippen MR) is 74.8 cm³/mol. The van der Waals surface area contributed by atoms with Crippen LogP contribution in [0, 0.1) is 17.1 Å². The van der Waals surface area contributed by atoms with Gasteiger partial charge in [0.25, 0.3) is 0 Å². The topological polar surface area (TPSA) is 102 Å². The molecule has 0 saturated heterocycles. The van der Waals surface area contributed by atoms with Crippen LogP contribution in [0.4, 0.5) is 10.1 Å². The number of hydrogen-bond acceptors (Lipinski definition) is 4. The van der Waals surface area contributed by atoms with Crippen LogP contribution in [-0.4, -0.2) is 5.91 Å². The Morgan fingerprint density at radius 3 is 2.62 bits per heavy atom. The van der Waals surface area contributed by atoms with Gasteiger partial charge in [-0.25, -0.2) is 4.39 Å². The van der Waals surface area contributed by atoms with Crippen molar-refractivity contribution < 1.29 is 13.9 Å². The summed E-state index contributed by atoms with van der Waals surface area (Å²) in [7, 11) is 0. The van der Waals surface area contributed by atoms with E-state index in [4.69, 9.17) is 21.5 Å². The van der Waals surface area contributed by atoms with Gasteiger partial charge in [-0.15, -0.1) is 0 Å². The van der Waals surface area contributed by atoms with Gasteiger partial charge < -0.3 is 16.2 Å². The fourth-order valence-corrected chi connectivity index (χ4v) is 1.72. The van der Waals surface area contributed by atoms with Gasteiger partial charge in [0.05, 0.1) is 17.3 Å². The maximum atomic E-state index is 13.8. The molecule has 0 aromatic heterocycles. The number of nitrogen functional groups attached to an aromatic ring is 1. The number of carbonyl (C=O) groups excluding carboxylic acids is 1. The predicted octanol–water partition coefficient (Wildman–Crippen LogP) is 1.96. The highest BCUT2D eigenvalue weighted by molar-refractivity contribution is 5.92. The fraction of sp³-hybridized carbons (Fsp3) is 0.0667. The Morgan fingerprint density at radius 2 is 2.05 bits per heavy atom. The number of nitrogens with zero attached hydrogens (tertiary/aromatic N) is 1. The van der Waals surface area contributed by atoms with Crippen molar-refractivity contribution in [2.75, 3.05) is 5.73 Å². The van der Waals surface area contributed by atoms with E-state index in [1.807, 2.05) is 6.07 Å². The van der Waals surface area contributed by atoms with E-state index in [-0.39, 0.29) is 17.7 Å². The van der Waals surface area contributed by atoms with Crippen molar-refractivity contribution in [1.29, 1.82) is 5.26 Å². The Hall–Kier alpha value is -3.07. The molecule has 0 aliphatic carbocycles. The maximum absolute atomic E-state index is 13.8. The maximum Gasteiger partial charge on any atom is 0.248 e. The highest BCUT2D eigenvalue weighted by Crippen LogP contribution is 2.23. The molecule has 6 heteroatoms. The van der Waals surface area contributed by atoms with Crippen LogP contribution in [-0.2, 0) is 6.61 Å². The van der Waals surface area contributed by atoms with Gasteiger partial charge in [0.1, 0.15) is 18.2 Å². The summed E-state index contributed by atoms with van der Waals surface area (Å²) in [6, 6.07) is 10.4. The molecule has 2 aromatic carbocycles. The van der Waals surface area contributed by atoms with Crippen LogP contribution in [0.5, 0.6) is 5.75 Å². The Kier molecular flexibility index (Phi) is 4.05. The summed E-state index contributed by atoms with van der Waals surface area (Å²) in [6.07, 6.45) is 0. The lowest BCUT2D eigenvalue weighted by atomic mass is 10.1. The third-order valence-corrected chi connectivity index (χ3v) is 2.86. The summed E-state index contributed by atoms with van der Waals surface area (Å²) in [5.41, 5.74) is 11.9. The summed E-state index contributed by atoms with van der Waals surface area (Å²) in [5.74, 6) is -0.927. The normalized spacial score (nSPS) is 9.90. The van der Waals surface area contributed by atoms with Gasteiger partial charge >= 0.3 is 0 Å². The number of carbonyl (C=O) groups is 1. The second-order valence-electron chi connectivity index (χ2n) is 4.32. The van der Waals surface area contributed by atoms with Crippen LogP contribution >= 0.6 is 0 Å². The Labute approximate surface area is 120 Å². The molecule has 2 aromatic rings.